The molecule has 0 spiro atoms. The lowest BCUT2D eigenvalue weighted by Crippen LogP contribution is -2.23. The number of amides is 1. The van der Waals surface area contributed by atoms with Gasteiger partial charge in [0.2, 0.25) is 0 Å². The fraction of sp³-hybridized carbons (Fsp3) is 0.0800. The molecular formula is C25H18BrFN2O4S. The number of halogens is 2. The van der Waals surface area contributed by atoms with E-state index in [4.69, 9.17) is 9.84 Å². The lowest BCUT2D eigenvalue weighted by atomic mass is 10.2. The number of carboxylic acids is 1. The molecule has 0 unspecified atom stereocenters. The standard InChI is InChI=1S/C25H18BrFN2O4S/c1-29-23(30)22(34-25(29)28-18-9-7-16(8-10-18)24(31)32)13-15-6-11-21(19(26)12-15)33-14-17-4-2-3-5-20(17)27/h2-13H,14H2,1H3,(H,31,32)/b22-13-,28-25?. The number of hydrogen-bond donors (Lipinski definition) is 1. The molecule has 4 rings (SSSR count). The van der Waals surface area contributed by atoms with Crippen LogP contribution in [0.5, 0.6) is 5.75 Å². The van der Waals surface area contributed by atoms with E-state index < -0.39 is 5.97 Å². The van der Waals surface area contributed by atoms with E-state index in [0.29, 0.717) is 31.5 Å². The summed E-state index contributed by atoms with van der Waals surface area (Å²) in [6.45, 7) is 0.0953. The van der Waals surface area contributed by atoms with Crippen molar-refractivity contribution in [3.05, 3.63) is 98.6 Å². The molecule has 1 amide bonds. The van der Waals surface area contributed by atoms with Gasteiger partial charge in [0.15, 0.2) is 5.17 Å². The summed E-state index contributed by atoms with van der Waals surface area (Å²) in [4.78, 5) is 30.1. The predicted octanol–water partition coefficient (Wildman–Crippen LogP) is 6.10. The second-order valence-corrected chi connectivity index (χ2v) is 9.15. The van der Waals surface area contributed by atoms with Gasteiger partial charge in [0.05, 0.1) is 20.6 Å². The lowest BCUT2D eigenvalue weighted by molar-refractivity contribution is -0.121. The monoisotopic (exact) mass is 540 g/mol. The molecule has 1 saturated heterocycles. The number of ether oxygens (including phenoxy) is 1. The topological polar surface area (TPSA) is 79.2 Å². The Labute approximate surface area is 207 Å². The van der Waals surface area contributed by atoms with Gasteiger partial charge < -0.3 is 9.84 Å². The number of aliphatic imine (C=N–C) groups is 1. The van der Waals surface area contributed by atoms with Gasteiger partial charge in [-0.1, -0.05) is 24.3 Å². The maximum absolute atomic E-state index is 13.8. The highest BCUT2D eigenvalue weighted by Crippen LogP contribution is 2.34. The minimum atomic E-state index is -1.01. The number of rotatable bonds is 6. The molecule has 0 saturated carbocycles. The number of carboxylic acid groups (broad SMARTS) is 1. The maximum atomic E-state index is 13.8. The Kier molecular flexibility index (Phi) is 7.14. The Hall–Kier alpha value is -3.43. The van der Waals surface area contributed by atoms with Crippen molar-refractivity contribution in [2.75, 3.05) is 7.05 Å². The number of hydrogen-bond acceptors (Lipinski definition) is 5. The average molecular weight is 541 g/mol. The van der Waals surface area contributed by atoms with E-state index in [9.17, 15) is 14.0 Å². The Balaban J connectivity index is 1.49. The molecule has 1 N–H and O–H groups in total. The predicted molar refractivity (Wildman–Crippen MR) is 134 cm³/mol. The summed E-state index contributed by atoms with van der Waals surface area (Å²) < 4.78 is 20.2. The summed E-state index contributed by atoms with van der Waals surface area (Å²) in [5.41, 5.74) is 1.95. The molecule has 1 fully saturated rings. The molecule has 0 aliphatic carbocycles. The summed E-state index contributed by atoms with van der Waals surface area (Å²) in [5, 5.41) is 9.50. The molecule has 1 aliphatic rings. The molecular weight excluding hydrogens is 523 g/mol. The number of benzene rings is 3. The van der Waals surface area contributed by atoms with Gasteiger partial charge in [-0.25, -0.2) is 14.2 Å². The van der Waals surface area contributed by atoms with Crippen LogP contribution in [0.4, 0.5) is 10.1 Å². The third-order valence-electron chi connectivity index (χ3n) is 4.94. The van der Waals surface area contributed by atoms with Crippen molar-refractivity contribution in [3.8, 4) is 5.75 Å². The second-order valence-electron chi connectivity index (χ2n) is 7.29. The van der Waals surface area contributed by atoms with Crippen molar-refractivity contribution in [2.45, 2.75) is 6.61 Å². The molecule has 6 nitrogen and oxygen atoms in total. The Bertz CT molecular complexity index is 1320. The average Bonchev–Trinajstić information content (AvgIpc) is 3.07. The van der Waals surface area contributed by atoms with Crippen molar-refractivity contribution in [2.24, 2.45) is 4.99 Å². The van der Waals surface area contributed by atoms with Crippen molar-refractivity contribution in [3.63, 3.8) is 0 Å². The van der Waals surface area contributed by atoms with E-state index >= 15 is 0 Å². The summed E-state index contributed by atoms with van der Waals surface area (Å²) in [6, 6.07) is 17.9. The number of carbonyl (C=O) groups excluding carboxylic acids is 1. The van der Waals surface area contributed by atoms with Crippen LogP contribution >= 0.6 is 27.7 Å². The highest BCUT2D eigenvalue weighted by Gasteiger charge is 2.30. The van der Waals surface area contributed by atoms with E-state index in [0.717, 1.165) is 5.56 Å². The molecule has 9 heteroatoms. The molecule has 1 heterocycles. The Morgan fingerprint density at radius 1 is 1.18 bits per heavy atom. The summed E-state index contributed by atoms with van der Waals surface area (Å²) in [5.74, 6) is -0.972. The van der Waals surface area contributed by atoms with Crippen molar-refractivity contribution in [1.29, 1.82) is 0 Å². The molecule has 0 bridgehead atoms. The fourth-order valence-corrected chi connectivity index (χ4v) is 4.58. The van der Waals surface area contributed by atoms with Crippen LogP contribution in [-0.2, 0) is 11.4 Å². The zero-order valence-corrected chi connectivity index (χ0v) is 20.3. The molecule has 3 aromatic carbocycles. The Morgan fingerprint density at radius 2 is 1.91 bits per heavy atom. The lowest BCUT2D eigenvalue weighted by Gasteiger charge is -2.09. The first-order valence-electron chi connectivity index (χ1n) is 10.1. The fourth-order valence-electron chi connectivity index (χ4n) is 3.09. The molecule has 0 radical (unpaired) electrons. The molecule has 34 heavy (non-hydrogen) atoms. The SMILES string of the molecule is CN1C(=O)/C(=C/c2ccc(OCc3ccccc3F)c(Br)c2)SC1=Nc1ccc(C(=O)O)cc1. The van der Waals surface area contributed by atoms with Crippen LogP contribution in [0.15, 0.2) is 81.1 Å². The van der Waals surface area contributed by atoms with Crippen LogP contribution in [0.1, 0.15) is 21.5 Å². The highest BCUT2D eigenvalue weighted by molar-refractivity contribution is 9.10. The quantitative estimate of drug-likeness (QED) is 0.382. The number of thioether (sulfide) groups is 1. The van der Waals surface area contributed by atoms with E-state index in [-0.39, 0.29) is 23.9 Å². The van der Waals surface area contributed by atoms with Crippen LogP contribution in [0.25, 0.3) is 6.08 Å². The molecule has 0 aromatic heterocycles. The first-order chi connectivity index (χ1) is 16.3. The van der Waals surface area contributed by atoms with Gasteiger partial charge in [-0.2, -0.15) is 0 Å². The third kappa shape index (κ3) is 5.37. The van der Waals surface area contributed by atoms with Crippen LogP contribution in [0, 0.1) is 5.82 Å². The number of carbonyl (C=O) groups is 2. The van der Waals surface area contributed by atoms with Gasteiger partial charge in [0.25, 0.3) is 5.91 Å². The van der Waals surface area contributed by atoms with E-state index in [1.807, 2.05) is 12.1 Å². The van der Waals surface area contributed by atoms with Gasteiger partial charge in [-0.05, 0) is 81.8 Å². The highest BCUT2D eigenvalue weighted by atomic mass is 79.9. The number of likely N-dealkylation sites (N-methyl/N-ethyl adjacent to an activating group) is 1. The normalized spacial score (nSPS) is 15.9. The van der Waals surface area contributed by atoms with Gasteiger partial charge in [-0.15, -0.1) is 0 Å². The summed E-state index contributed by atoms with van der Waals surface area (Å²) in [7, 11) is 1.64. The van der Waals surface area contributed by atoms with Gasteiger partial charge in [-0.3, -0.25) is 9.69 Å². The van der Waals surface area contributed by atoms with Crippen molar-refractivity contribution < 1.29 is 23.8 Å². The number of nitrogens with zero attached hydrogens (tertiary/aromatic N) is 2. The molecule has 3 aromatic rings. The summed E-state index contributed by atoms with van der Waals surface area (Å²) in [6.07, 6.45) is 1.75. The zero-order chi connectivity index (χ0) is 24.2. The van der Waals surface area contributed by atoms with Crippen molar-refractivity contribution in [1.82, 2.24) is 4.90 Å². The van der Waals surface area contributed by atoms with Gasteiger partial charge in [0.1, 0.15) is 18.2 Å². The third-order valence-corrected chi connectivity index (χ3v) is 6.62. The molecule has 172 valence electrons. The van der Waals surface area contributed by atoms with Crippen LogP contribution in [0.2, 0.25) is 0 Å². The molecule has 0 atom stereocenters. The van der Waals surface area contributed by atoms with E-state index in [1.165, 1.54) is 34.9 Å². The Morgan fingerprint density at radius 3 is 2.59 bits per heavy atom. The second kappa shape index (κ2) is 10.2. The maximum Gasteiger partial charge on any atom is 0.335 e. The molecule has 1 aliphatic heterocycles. The first kappa shape index (κ1) is 23.7. The van der Waals surface area contributed by atoms with Crippen molar-refractivity contribution >= 4 is 56.5 Å². The van der Waals surface area contributed by atoms with Crippen LogP contribution in [-0.4, -0.2) is 34.1 Å². The number of amidine groups is 1. The first-order valence-corrected chi connectivity index (χ1v) is 11.7. The number of aromatic carboxylic acids is 1. The van der Waals surface area contributed by atoms with E-state index in [1.54, 1.807) is 49.5 Å². The smallest absolute Gasteiger partial charge is 0.335 e. The van der Waals surface area contributed by atoms with Gasteiger partial charge in [0, 0.05) is 12.6 Å². The minimum Gasteiger partial charge on any atom is -0.488 e. The summed E-state index contributed by atoms with van der Waals surface area (Å²) >= 11 is 4.70. The largest absolute Gasteiger partial charge is 0.488 e. The van der Waals surface area contributed by atoms with Crippen LogP contribution in [0.3, 0.4) is 0 Å². The van der Waals surface area contributed by atoms with Gasteiger partial charge >= 0.3 is 5.97 Å². The van der Waals surface area contributed by atoms with Crippen LogP contribution < -0.4 is 4.74 Å². The zero-order valence-electron chi connectivity index (χ0n) is 17.9. The minimum absolute atomic E-state index is 0.0953. The van der Waals surface area contributed by atoms with E-state index in [2.05, 4.69) is 20.9 Å².